The summed E-state index contributed by atoms with van der Waals surface area (Å²) in [6.07, 6.45) is 1.75. The number of amides is 4. The highest BCUT2D eigenvalue weighted by Crippen LogP contribution is 2.18. The molecule has 2 atom stereocenters. The van der Waals surface area contributed by atoms with Crippen molar-refractivity contribution < 1.29 is 24.0 Å². The summed E-state index contributed by atoms with van der Waals surface area (Å²) in [4.78, 5) is 58.6. The molecule has 9 heteroatoms. The van der Waals surface area contributed by atoms with Crippen LogP contribution in [0.5, 0.6) is 0 Å². The van der Waals surface area contributed by atoms with Gasteiger partial charge in [0.15, 0.2) is 0 Å². The monoisotopic (exact) mass is 354 g/mol. The summed E-state index contributed by atoms with van der Waals surface area (Å²) in [5.41, 5.74) is -0.609. The van der Waals surface area contributed by atoms with Crippen LogP contribution in [0.25, 0.3) is 0 Å². The van der Waals surface area contributed by atoms with Gasteiger partial charge in [-0.05, 0) is 40.0 Å². The Labute approximate surface area is 146 Å². The minimum Gasteiger partial charge on any atom is -0.356 e. The first kappa shape index (κ1) is 20.6. The molecule has 0 spiro atoms. The fourth-order valence-corrected chi connectivity index (χ4v) is 2.52. The molecule has 2 unspecified atom stereocenters. The van der Waals surface area contributed by atoms with Gasteiger partial charge in [0, 0.05) is 18.0 Å². The molecule has 1 aliphatic rings. The van der Waals surface area contributed by atoms with Gasteiger partial charge in [-0.2, -0.15) is 0 Å². The second kappa shape index (κ2) is 9.14. The molecule has 9 nitrogen and oxygen atoms in total. The topological polar surface area (TPSA) is 133 Å². The molecule has 1 aliphatic heterocycles. The summed E-state index contributed by atoms with van der Waals surface area (Å²) in [6.45, 7) is 5.45. The molecule has 0 bridgehead atoms. The van der Waals surface area contributed by atoms with Crippen LogP contribution >= 0.6 is 0 Å². The van der Waals surface area contributed by atoms with Gasteiger partial charge in [0.1, 0.15) is 0 Å². The quantitative estimate of drug-likeness (QED) is 0.315. The van der Waals surface area contributed by atoms with Gasteiger partial charge in [0.2, 0.25) is 24.0 Å². The van der Waals surface area contributed by atoms with Crippen molar-refractivity contribution >= 4 is 29.9 Å². The molecular formula is C16H26N4O5. The van der Waals surface area contributed by atoms with E-state index >= 15 is 0 Å². The van der Waals surface area contributed by atoms with E-state index in [1.807, 2.05) is 0 Å². The van der Waals surface area contributed by atoms with Gasteiger partial charge < -0.3 is 21.3 Å². The molecule has 0 radical (unpaired) electrons. The van der Waals surface area contributed by atoms with E-state index in [9.17, 15) is 24.0 Å². The number of hydrogen-bond acceptors (Lipinski definition) is 5. The predicted octanol–water partition coefficient (Wildman–Crippen LogP) is -1.38. The van der Waals surface area contributed by atoms with E-state index in [0.717, 1.165) is 6.42 Å². The van der Waals surface area contributed by atoms with Crippen LogP contribution in [-0.2, 0) is 24.0 Å². The average molecular weight is 354 g/mol. The molecule has 1 fully saturated rings. The smallest absolute Gasteiger partial charge is 0.290 e. The molecule has 140 valence electrons. The second-order valence-corrected chi connectivity index (χ2v) is 7.05. The maximum absolute atomic E-state index is 12.5. The molecule has 0 aromatic rings. The lowest BCUT2D eigenvalue weighted by atomic mass is 9.89. The summed E-state index contributed by atoms with van der Waals surface area (Å²) in [5, 5.41) is 9.89. The van der Waals surface area contributed by atoms with Gasteiger partial charge in [0.05, 0.1) is 12.6 Å². The van der Waals surface area contributed by atoms with Crippen molar-refractivity contribution in [2.24, 2.45) is 5.92 Å². The summed E-state index contributed by atoms with van der Waals surface area (Å²) in [7, 11) is 0. The summed E-state index contributed by atoms with van der Waals surface area (Å²) in [5.74, 6) is -2.89. The van der Waals surface area contributed by atoms with Gasteiger partial charge in [-0.3, -0.25) is 24.0 Å². The first-order valence-corrected chi connectivity index (χ1v) is 8.24. The molecule has 1 saturated heterocycles. The largest absolute Gasteiger partial charge is 0.356 e. The van der Waals surface area contributed by atoms with Crippen molar-refractivity contribution in [3.63, 3.8) is 0 Å². The number of nitrogens with one attached hydrogen (secondary N) is 4. The predicted molar refractivity (Wildman–Crippen MR) is 89.3 cm³/mol. The Morgan fingerprint density at radius 1 is 1.32 bits per heavy atom. The Morgan fingerprint density at radius 2 is 2.00 bits per heavy atom. The van der Waals surface area contributed by atoms with Crippen molar-refractivity contribution in [1.29, 1.82) is 0 Å². The number of ketones is 1. The number of hydrogen-bond donors (Lipinski definition) is 4. The zero-order valence-corrected chi connectivity index (χ0v) is 14.8. The van der Waals surface area contributed by atoms with Gasteiger partial charge in [0.25, 0.3) is 5.91 Å². The van der Waals surface area contributed by atoms with Gasteiger partial charge >= 0.3 is 0 Å². The van der Waals surface area contributed by atoms with Crippen LogP contribution in [0.1, 0.15) is 40.0 Å². The Kier molecular flexibility index (Phi) is 7.53. The van der Waals surface area contributed by atoms with Gasteiger partial charge in [-0.15, -0.1) is 0 Å². The Morgan fingerprint density at radius 3 is 2.56 bits per heavy atom. The molecule has 4 amide bonds. The minimum absolute atomic E-state index is 0.0368. The number of piperidine rings is 1. The van der Waals surface area contributed by atoms with Crippen LogP contribution in [0, 0.1) is 5.92 Å². The SMILES string of the molecule is CC(C)(C)NC(=O)C(=O)C(CC1CCCNC1=O)NC(=O)CNC=O. The molecule has 0 aromatic heterocycles. The summed E-state index contributed by atoms with van der Waals surface area (Å²) < 4.78 is 0. The Bertz CT molecular complexity index is 541. The molecule has 25 heavy (non-hydrogen) atoms. The Hall–Kier alpha value is -2.45. The maximum atomic E-state index is 12.5. The van der Waals surface area contributed by atoms with Crippen LogP contribution in [0.2, 0.25) is 0 Å². The normalized spacial score (nSPS) is 18.5. The molecule has 0 aliphatic carbocycles. The van der Waals surface area contributed by atoms with Crippen molar-refractivity contribution in [2.75, 3.05) is 13.1 Å². The van der Waals surface area contributed by atoms with E-state index < -0.39 is 35.1 Å². The number of Topliss-reactive ketones (excluding diaryl/α,β-unsaturated/α-hetero) is 1. The number of carbonyl (C=O) groups is 5. The van der Waals surface area contributed by atoms with E-state index in [-0.39, 0.29) is 18.9 Å². The van der Waals surface area contributed by atoms with Crippen LogP contribution in [0.3, 0.4) is 0 Å². The van der Waals surface area contributed by atoms with Crippen molar-refractivity contribution in [3.05, 3.63) is 0 Å². The average Bonchev–Trinajstić information content (AvgIpc) is 2.52. The molecule has 4 N–H and O–H groups in total. The highest BCUT2D eigenvalue weighted by Gasteiger charge is 2.34. The zero-order valence-electron chi connectivity index (χ0n) is 14.8. The number of rotatable bonds is 8. The maximum Gasteiger partial charge on any atom is 0.290 e. The molecule has 0 saturated carbocycles. The molecule has 1 rings (SSSR count). The first-order chi connectivity index (χ1) is 11.6. The fourth-order valence-electron chi connectivity index (χ4n) is 2.52. The second-order valence-electron chi connectivity index (χ2n) is 7.05. The van der Waals surface area contributed by atoms with E-state index in [2.05, 4.69) is 21.3 Å². The standard InChI is InChI=1S/C16H26N4O5/c1-16(2,3)20-15(25)13(23)11(19-12(22)8-17-9-21)7-10-5-4-6-18-14(10)24/h9-11H,4-8H2,1-3H3,(H,17,21)(H,18,24)(H,19,22)(H,20,25). The fraction of sp³-hybridized carbons (Fsp3) is 0.688. The molecule has 1 heterocycles. The lowest BCUT2D eigenvalue weighted by Crippen LogP contribution is -2.54. The first-order valence-electron chi connectivity index (χ1n) is 8.24. The third-order valence-corrected chi connectivity index (χ3v) is 3.63. The van der Waals surface area contributed by atoms with Crippen LogP contribution in [-0.4, -0.2) is 54.6 Å². The molecule has 0 aromatic carbocycles. The van der Waals surface area contributed by atoms with Crippen molar-refractivity contribution in [2.45, 2.75) is 51.6 Å². The van der Waals surface area contributed by atoms with E-state index in [0.29, 0.717) is 19.4 Å². The summed E-state index contributed by atoms with van der Waals surface area (Å²) >= 11 is 0. The van der Waals surface area contributed by atoms with Gasteiger partial charge in [-0.25, -0.2) is 0 Å². The van der Waals surface area contributed by atoms with Crippen molar-refractivity contribution in [3.8, 4) is 0 Å². The van der Waals surface area contributed by atoms with Gasteiger partial charge in [-0.1, -0.05) is 0 Å². The van der Waals surface area contributed by atoms with E-state index in [1.54, 1.807) is 20.8 Å². The van der Waals surface area contributed by atoms with Crippen LogP contribution < -0.4 is 21.3 Å². The minimum atomic E-state index is -1.13. The highest BCUT2D eigenvalue weighted by molar-refractivity contribution is 6.38. The zero-order chi connectivity index (χ0) is 19.0. The Balaban J connectivity index is 2.83. The lowest BCUT2D eigenvalue weighted by Gasteiger charge is -2.27. The lowest BCUT2D eigenvalue weighted by molar-refractivity contribution is -0.141. The molecular weight excluding hydrogens is 328 g/mol. The van der Waals surface area contributed by atoms with Crippen LogP contribution in [0.15, 0.2) is 0 Å². The van der Waals surface area contributed by atoms with Crippen molar-refractivity contribution in [1.82, 2.24) is 21.3 Å². The third-order valence-electron chi connectivity index (χ3n) is 3.63. The van der Waals surface area contributed by atoms with E-state index in [4.69, 9.17) is 0 Å². The third kappa shape index (κ3) is 7.32. The highest BCUT2D eigenvalue weighted by atomic mass is 16.2. The number of carbonyl (C=O) groups excluding carboxylic acids is 5. The van der Waals surface area contributed by atoms with Crippen LogP contribution in [0.4, 0.5) is 0 Å². The van der Waals surface area contributed by atoms with E-state index in [1.165, 1.54) is 0 Å². The summed E-state index contributed by atoms with van der Waals surface area (Å²) in [6, 6.07) is -1.13.